The van der Waals surface area contributed by atoms with Gasteiger partial charge in [0.25, 0.3) is 0 Å². The van der Waals surface area contributed by atoms with Crippen molar-refractivity contribution in [2.45, 2.75) is 18.9 Å². The molecule has 1 saturated carbocycles. The number of anilines is 1. The summed E-state index contributed by atoms with van der Waals surface area (Å²) in [5, 5.41) is 12.4. The van der Waals surface area contributed by atoms with E-state index in [4.69, 9.17) is 0 Å². The normalized spacial score (nSPS) is 14.3. The fourth-order valence-corrected chi connectivity index (χ4v) is 2.73. The van der Waals surface area contributed by atoms with Gasteiger partial charge in [-0.2, -0.15) is 0 Å². The van der Waals surface area contributed by atoms with E-state index >= 15 is 0 Å². The summed E-state index contributed by atoms with van der Waals surface area (Å²) in [6.45, 7) is 1.31. The maximum absolute atomic E-state index is 14.3. The van der Waals surface area contributed by atoms with Crippen molar-refractivity contribution in [2.24, 2.45) is 0 Å². The third kappa shape index (κ3) is 3.12. The number of likely N-dealkylation sites (N-methyl/N-ethyl adjacent to an activating group) is 1. The minimum atomic E-state index is -1.29. The van der Waals surface area contributed by atoms with Crippen LogP contribution >= 0.6 is 0 Å². The third-order valence-electron chi connectivity index (χ3n) is 4.17. The van der Waals surface area contributed by atoms with Crippen LogP contribution in [0.1, 0.15) is 29.2 Å². The zero-order valence-electron chi connectivity index (χ0n) is 13.7. The van der Waals surface area contributed by atoms with Gasteiger partial charge in [0.05, 0.1) is 11.2 Å². The van der Waals surface area contributed by atoms with Gasteiger partial charge in [0.2, 0.25) is 5.43 Å². The van der Waals surface area contributed by atoms with E-state index in [2.05, 4.69) is 5.32 Å². The Kier molecular flexibility index (Phi) is 4.28. The summed E-state index contributed by atoms with van der Waals surface area (Å²) in [5.41, 5.74) is -0.0715. The summed E-state index contributed by atoms with van der Waals surface area (Å²) < 4.78 is 16.1. The molecule has 1 heterocycles. The Bertz CT molecular complexity index is 856. The molecule has 2 aromatic rings. The summed E-state index contributed by atoms with van der Waals surface area (Å²) in [7, 11) is 3.85. The Balaban J connectivity index is 2.11. The second-order valence-electron chi connectivity index (χ2n) is 6.39. The lowest BCUT2D eigenvalue weighted by molar-refractivity contribution is 0.0695. The van der Waals surface area contributed by atoms with Crippen molar-refractivity contribution in [1.29, 1.82) is 0 Å². The van der Waals surface area contributed by atoms with E-state index in [1.54, 1.807) is 10.6 Å². The lowest BCUT2D eigenvalue weighted by atomic mass is 10.1. The van der Waals surface area contributed by atoms with E-state index in [-0.39, 0.29) is 17.0 Å². The first-order chi connectivity index (χ1) is 11.4. The zero-order chi connectivity index (χ0) is 17.4. The van der Waals surface area contributed by atoms with Gasteiger partial charge < -0.3 is 19.9 Å². The van der Waals surface area contributed by atoms with Crippen molar-refractivity contribution < 1.29 is 14.3 Å². The highest BCUT2D eigenvalue weighted by Crippen LogP contribution is 2.37. The smallest absolute Gasteiger partial charge is 0.341 e. The van der Waals surface area contributed by atoms with Crippen LogP contribution in [0, 0.1) is 5.82 Å². The molecule has 0 spiro atoms. The first-order valence-corrected chi connectivity index (χ1v) is 7.88. The number of pyridine rings is 1. The monoisotopic (exact) mass is 333 g/mol. The molecule has 128 valence electrons. The van der Waals surface area contributed by atoms with Crippen LogP contribution in [0.25, 0.3) is 10.9 Å². The molecule has 0 bridgehead atoms. The van der Waals surface area contributed by atoms with Gasteiger partial charge in [-0.15, -0.1) is 0 Å². The van der Waals surface area contributed by atoms with Crippen LogP contribution in [-0.2, 0) is 0 Å². The lowest BCUT2D eigenvalue weighted by Gasteiger charge is -2.15. The second-order valence-corrected chi connectivity index (χ2v) is 6.39. The number of hydrogen-bond acceptors (Lipinski definition) is 4. The van der Waals surface area contributed by atoms with Crippen LogP contribution in [0.5, 0.6) is 0 Å². The maximum Gasteiger partial charge on any atom is 0.341 e. The van der Waals surface area contributed by atoms with E-state index < -0.39 is 17.2 Å². The molecule has 0 saturated heterocycles. The largest absolute Gasteiger partial charge is 0.477 e. The van der Waals surface area contributed by atoms with Gasteiger partial charge in [-0.25, -0.2) is 9.18 Å². The number of carbonyl (C=O) groups is 1. The zero-order valence-corrected chi connectivity index (χ0v) is 13.7. The molecule has 0 radical (unpaired) electrons. The number of halogens is 1. The minimum Gasteiger partial charge on any atom is -0.477 e. The number of carboxylic acids is 1. The van der Waals surface area contributed by atoms with Crippen molar-refractivity contribution in [3.05, 3.63) is 39.9 Å². The highest BCUT2D eigenvalue weighted by molar-refractivity contribution is 5.93. The second kappa shape index (κ2) is 6.24. The molecular weight excluding hydrogens is 313 g/mol. The molecule has 7 heteroatoms. The molecule has 2 N–H and O–H groups in total. The van der Waals surface area contributed by atoms with E-state index in [0.29, 0.717) is 17.7 Å². The van der Waals surface area contributed by atoms with E-state index in [1.165, 1.54) is 6.20 Å². The molecule has 24 heavy (non-hydrogen) atoms. The van der Waals surface area contributed by atoms with Crippen LogP contribution < -0.4 is 10.7 Å². The molecule has 0 amide bonds. The molecule has 0 atom stereocenters. The number of nitrogens with zero attached hydrogens (tertiary/aromatic N) is 2. The molecule has 1 fully saturated rings. The predicted octanol–water partition coefficient (Wildman–Crippen LogP) is 2.15. The van der Waals surface area contributed by atoms with Gasteiger partial charge in [0.15, 0.2) is 0 Å². The Hall–Kier alpha value is -2.41. The number of hydrogen-bond donors (Lipinski definition) is 2. The van der Waals surface area contributed by atoms with Crippen LogP contribution in [0.3, 0.4) is 0 Å². The molecule has 6 nitrogen and oxygen atoms in total. The average molecular weight is 333 g/mol. The standard InChI is InChI=1S/C17H20FN3O3/c1-20(2)6-5-19-14-8-15-11(7-13(14)18)16(22)12(17(23)24)9-21(15)10-3-4-10/h7-10,19H,3-6H2,1-2H3,(H,23,24). The average Bonchev–Trinajstić information content (AvgIpc) is 3.33. The highest BCUT2D eigenvalue weighted by atomic mass is 19.1. The summed E-state index contributed by atoms with van der Waals surface area (Å²) in [6.07, 6.45) is 3.24. The fraction of sp³-hybridized carbons (Fsp3) is 0.412. The Labute approximate surface area is 138 Å². The number of nitrogens with one attached hydrogen (secondary N) is 1. The SMILES string of the molecule is CN(C)CCNc1cc2c(cc1F)c(=O)c(C(=O)O)cn2C1CC1. The quantitative estimate of drug-likeness (QED) is 0.847. The van der Waals surface area contributed by atoms with Gasteiger partial charge in [-0.05, 0) is 39.1 Å². The predicted molar refractivity (Wildman–Crippen MR) is 90.4 cm³/mol. The third-order valence-corrected chi connectivity index (χ3v) is 4.17. The Morgan fingerprint density at radius 2 is 2.12 bits per heavy atom. The van der Waals surface area contributed by atoms with Crippen molar-refractivity contribution in [3.8, 4) is 0 Å². The number of aromatic nitrogens is 1. The first kappa shape index (κ1) is 16.4. The molecule has 1 aliphatic carbocycles. The number of benzene rings is 1. The minimum absolute atomic E-state index is 0.109. The van der Waals surface area contributed by atoms with Gasteiger partial charge >= 0.3 is 5.97 Å². The summed E-state index contributed by atoms with van der Waals surface area (Å²) in [4.78, 5) is 25.6. The number of aromatic carboxylic acids is 1. The van der Waals surface area contributed by atoms with E-state index in [1.807, 2.05) is 19.0 Å². The van der Waals surface area contributed by atoms with Crippen molar-refractivity contribution >= 4 is 22.6 Å². The topological polar surface area (TPSA) is 74.6 Å². The van der Waals surface area contributed by atoms with Crippen molar-refractivity contribution in [1.82, 2.24) is 9.47 Å². The molecule has 1 aromatic carbocycles. The van der Waals surface area contributed by atoms with Crippen molar-refractivity contribution in [3.63, 3.8) is 0 Å². The van der Waals surface area contributed by atoms with Crippen LogP contribution in [-0.4, -0.2) is 47.7 Å². The van der Waals surface area contributed by atoms with Crippen LogP contribution in [0.15, 0.2) is 23.1 Å². The molecule has 1 aromatic heterocycles. The molecule has 0 unspecified atom stereocenters. The van der Waals surface area contributed by atoms with E-state index in [0.717, 1.165) is 25.5 Å². The molecule has 3 rings (SSSR count). The fourth-order valence-electron chi connectivity index (χ4n) is 2.73. The highest BCUT2D eigenvalue weighted by Gasteiger charge is 2.27. The molecule has 0 aliphatic heterocycles. The first-order valence-electron chi connectivity index (χ1n) is 7.88. The van der Waals surface area contributed by atoms with Gasteiger partial charge in [0.1, 0.15) is 11.4 Å². The number of rotatable bonds is 6. The van der Waals surface area contributed by atoms with Crippen LogP contribution in [0.4, 0.5) is 10.1 Å². The van der Waals surface area contributed by atoms with Gasteiger partial charge in [-0.1, -0.05) is 0 Å². The molecule has 1 aliphatic rings. The van der Waals surface area contributed by atoms with Gasteiger partial charge in [-0.3, -0.25) is 4.79 Å². The summed E-state index contributed by atoms with van der Waals surface area (Å²) >= 11 is 0. The molecular formula is C17H20FN3O3. The lowest BCUT2D eigenvalue weighted by Crippen LogP contribution is -2.22. The van der Waals surface area contributed by atoms with Crippen LogP contribution in [0.2, 0.25) is 0 Å². The Morgan fingerprint density at radius 3 is 2.71 bits per heavy atom. The van der Waals surface area contributed by atoms with Crippen molar-refractivity contribution in [2.75, 3.05) is 32.5 Å². The number of fused-ring (bicyclic) bond motifs is 1. The van der Waals surface area contributed by atoms with Gasteiger partial charge in [0, 0.05) is 30.7 Å². The number of carboxylic acid groups (broad SMARTS) is 1. The Morgan fingerprint density at radius 1 is 1.42 bits per heavy atom. The van der Waals surface area contributed by atoms with E-state index in [9.17, 15) is 19.1 Å². The summed E-state index contributed by atoms with van der Waals surface area (Å²) in [5.74, 6) is -1.84. The maximum atomic E-state index is 14.3. The summed E-state index contributed by atoms with van der Waals surface area (Å²) in [6, 6.07) is 2.92.